The Labute approximate surface area is 285 Å². The third-order valence-electron chi connectivity index (χ3n) is 10.8. The van der Waals surface area contributed by atoms with E-state index in [4.69, 9.17) is 9.97 Å². The summed E-state index contributed by atoms with van der Waals surface area (Å²) in [6.45, 7) is 0. The average Bonchev–Trinajstić information content (AvgIpc) is 3.82. The van der Waals surface area contributed by atoms with Crippen molar-refractivity contribution >= 4 is 92.3 Å². The lowest BCUT2D eigenvalue weighted by Crippen LogP contribution is -2.04. The van der Waals surface area contributed by atoms with E-state index in [0.717, 1.165) is 44.0 Å². The first-order valence-electron chi connectivity index (χ1n) is 17.1. The zero-order valence-electron chi connectivity index (χ0n) is 26.8. The van der Waals surface area contributed by atoms with Gasteiger partial charge in [-0.3, -0.25) is 4.57 Å². The van der Waals surface area contributed by atoms with Gasteiger partial charge in [0.05, 0.1) is 38.8 Å². The Bertz CT molecular complexity index is 3370. The van der Waals surface area contributed by atoms with E-state index in [1.165, 1.54) is 59.6 Å². The summed E-state index contributed by atoms with van der Waals surface area (Å²) in [6.07, 6.45) is 0. The van der Waals surface area contributed by atoms with Crippen LogP contribution >= 0.6 is 0 Å². The highest BCUT2D eigenvalue weighted by Gasteiger charge is 2.22. The number of para-hydroxylation sites is 3. The first-order valence-corrected chi connectivity index (χ1v) is 17.1. The molecular weight excluding hydrogens is 609 g/mol. The summed E-state index contributed by atoms with van der Waals surface area (Å²) < 4.78 is 4.77. The van der Waals surface area contributed by atoms with Gasteiger partial charge in [-0.1, -0.05) is 127 Å². The Hall–Kier alpha value is -6.78. The van der Waals surface area contributed by atoms with Crippen LogP contribution in [0.2, 0.25) is 0 Å². The van der Waals surface area contributed by atoms with Gasteiger partial charge in [0.1, 0.15) is 0 Å². The maximum atomic E-state index is 5.43. The molecule has 0 aliphatic heterocycles. The van der Waals surface area contributed by atoms with Crippen LogP contribution in [0, 0.1) is 0 Å². The average molecular weight is 635 g/mol. The molecular formula is C46H26N4. The Balaban J connectivity index is 1.27. The summed E-state index contributed by atoms with van der Waals surface area (Å²) in [5, 5.41) is 13.3. The second-order valence-corrected chi connectivity index (χ2v) is 13.4. The van der Waals surface area contributed by atoms with Crippen LogP contribution in [-0.4, -0.2) is 18.9 Å². The summed E-state index contributed by atoms with van der Waals surface area (Å²) in [7, 11) is 0. The zero-order chi connectivity index (χ0) is 32.5. The van der Waals surface area contributed by atoms with Gasteiger partial charge in [0, 0.05) is 54.0 Å². The molecule has 50 heavy (non-hydrogen) atoms. The van der Waals surface area contributed by atoms with E-state index in [9.17, 15) is 0 Å². The molecule has 0 radical (unpaired) electrons. The van der Waals surface area contributed by atoms with Crippen LogP contribution in [-0.2, 0) is 0 Å². The fourth-order valence-corrected chi connectivity index (χ4v) is 8.68. The molecule has 12 aromatic rings. The van der Waals surface area contributed by atoms with Crippen molar-refractivity contribution in [3.8, 4) is 17.2 Å². The molecule has 8 aromatic carbocycles. The summed E-state index contributed by atoms with van der Waals surface area (Å²) in [5.74, 6) is 0.669. The number of hydrogen-bond acceptors (Lipinski definition) is 2. The number of rotatable bonds is 2. The Kier molecular flexibility index (Phi) is 4.94. The molecule has 4 nitrogen and oxygen atoms in total. The van der Waals surface area contributed by atoms with E-state index in [1.807, 2.05) is 0 Å². The molecule has 0 atom stereocenters. The topological polar surface area (TPSA) is 35.1 Å². The van der Waals surface area contributed by atoms with Crippen molar-refractivity contribution in [2.75, 3.05) is 0 Å². The van der Waals surface area contributed by atoms with Gasteiger partial charge in [-0.25, -0.2) is 9.97 Å². The van der Waals surface area contributed by atoms with E-state index < -0.39 is 0 Å². The van der Waals surface area contributed by atoms with Crippen molar-refractivity contribution in [1.82, 2.24) is 18.9 Å². The van der Waals surface area contributed by atoms with Crippen molar-refractivity contribution in [3.63, 3.8) is 0 Å². The van der Waals surface area contributed by atoms with Crippen molar-refractivity contribution in [3.05, 3.63) is 158 Å². The summed E-state index contributed by atoms with van der Waals surface area (Å²) in [4.78, 5) is 10.8. The van der Waals surface area contributed by atoms with E-state index in [2.05, 4.69) is 167 Å². The fraction of sp³-hybridized carbons (Fsp3) is 0. The normalized spacial score (nSPS) is 12.4. The van der Waals surface area contributed by atoms with Crippen molar-refractivity contribution in [2.24, 2.45) is 0 Å². The predicted molar refractivity (Wildman–Crippen MR) is 209 cm³/mol. The maximum Gasteiger partial charge on any atom is 0.235 e. The van der Waals surface area contributed by atoms with Gasteiger partial charge in [0.15, 0.2) is 0 Å². The Morgan fingerprint density at radius 2 is 0.980 bits per heavy atom. The van der Waals surface area contributed by atoms with Gasteiger partial charge >= 0.3 is 0 Å². The van der Waals surface area contributed by atoms with E-state index in [-0.39, 0.29) is 0 Å². The highest BCUT2D eigenvalue weighted by atomic mass is 15.2. The van der Waals surface area contributed by atoms with Crippen LogP contribution in [0.3, 0.4) is 0 Å². The summed E-state index contributed by atoms with van der Waals surface area (Å²) in [5.41, 5.74) is 8.90. The van der Waals surface area contributed by atoms with E-state index in [0.29, 0.717) is 5.95 Å². The minimum Gasteiger partial charge on any atom is -0.307 e. The maximum absolute atomic E-state index is 5.43. The zero-order valence-corrected chi connectivity index (χ0v) is 26.8. The Morgan fingerprint density at radius 3 is 1.84 bits per heavy atom. The van der Waals surface area contributed by atoms with Gasteiger partial charge in [-0.2, -0.15) is 0 Å². The number of aromatic nitrogens is 4. The molecule has 0 saturated carbocycles. The SMILES string of the molecule is c1ccc(-c2nc(-n3c4ccccc4c4cc5ccc6c7cccc8c9ccccc9n(c6c5cc43)c87)nc3c2ccc2ccccc23)cc1. The highest BCUT2D eigenvalue weighted by Crippen LogP contribution is 2.43. The highest BCUT2D eigenvalue weighted by molar-refractivity contribution is 6.28. The summed E-state index contributed by atoms with van der Waals surface area (Å²) in [6, 6.07) is 56.9. The lowest BCUT2D eigenvalue weighted by atomic mass is 10.0. The van der Waals surface area contributed by atoms with E-state index >= 15 is 0 Å². The largest absolute Gasteiger partial charge is 0.307 e. The molecule has 4 heterocycles. The molecule has 0 N–H and O–H groups in total. The second kappa shape index (κ2) is 9.43. The molecule has 12 rings (SSSR count). The molecule has 0 spiro atoms. The number of benzene rings is 8. The standard InChI is InChI=1S/C46H26N4/c1-2-12-28(13-3-1)42-36-24-21-27-11-4-5-14-30(27)43(36)48-46(47-42)49-39-19-8-7-16-32(39)38-25-29-22-23-35-34-18-10-17-33-31-15-6-9-20-40(31)50(44(33)34)45(35)37(29)26-41(38)49/h1-26H. The van der Waals surface area contributed by atoms with Crippen LogP contribution in [0.4, 0.5) is 0 Å². The molecule has 0 aliphatic rings. The number of fused-ring (bicyclic) bond motifs is 14. The molecule has 4 aromatic heterocycles. The molecule has 0 aliphatic carbocycles. The second-order valence-electron chi connectivity index (χ2n) is 13.4. The van der Waals surface area contributed by atoms with Crippen LogP contribution in [0.15, 0.2) is 158 Å². The smallest absolute Gasteiger partial charge is 0.235 e. The minimum absolute atomic E-state index is 0.669. The quantitative estimate of drug-likeness (QED) is 0.177. The Morgan fingerprint density at radius 1 is 0.360 bits per heavy atom. The third kappa shape index (κ3) is 3.30. The lowest BCUT2D eigenvalue weighted by molar-refractivity contribution is 1.02. The number of nitrogens with zero attached hydrogens (tertiary/aromatic N) is 4. The van der Waals surface area contributed by atoms with Crippen molar-refractivity contribution in [2.45, 2.75) is 0 Å². The third-order valence-corrected chi connectivity index (χ3v) is 10.8. The van der Waals surface area contributed by atoms with E-state index in [1.54, 1.807) is 0 Å². The van der Waals surface area contributed by atoms with Crippen molar-refractivity contribution in [1.29, 1.82) is 0 Å². The van der Waals surface area contributed by atoms with Crippen molar-refractivity contribution < 1.29 is 0 Å². The van der Waals surface area contributed by atoms with Gasteiger partial charge < -0.3 is 4.40 Å². The van der Waals surface area contributed by atoms with Gasteiger partial charge in [0.2, 0.25) is 5.95 Å². The fourth-order valence-electron chi connectivity index (χ4n) is 8.68. The predicted octanol–water partition coefficient (Wildman–Crippen LogP) is 11.9. The molecule has 4 heteroatoms. The van der Waals surface area contributed by atoms with Crippen LogP contribution < -0.4 is 0 Å². The monoisotopic (exact) mass is 634 g/mol. The summed E-state index contributed by atoms with van der Waals surface area (Å²) >= 11 is 0. The van der Waals surface area contributed by atoms with Gasteiger partial charge in [-0.15, -0.1) is 0 Å². The van der Waals surface area contributed by atoms with Crippen LogP contribution in [0.25, 0.3) is 110 Å². The molecule has 0 unspecified atom stereocenters. The number of hydrogen-bond donors (Lipinski definition) is 0. The van der Waals surface area contributed by atoms with Crippen LogP contribution in [0.5, 0.6) is 0 Å². The molecule has 0 amide bonds. The first kappa shape index (κ1) is 26.2. The minimum atomic E-state index is 0.669. The molecule has 0 saturated heterocycles. The molecule has 230 valence electrons. The molecule has 0 bridgehead atoms. The first-order chi connectivity index (χ1) is 24.8. The lowest BCUT2D eigenvalue weighted by Gasteiger charge is -2.13. The van der Waals surface area contributed by atoms with Gasteiger partial charge in [-0.05, 0) is 41.1 Å². The molecule has 0 fully saturated rings. The van der Waals surface area contributed by atoms with Gasteiger partial charge in [0.25, 0.3) is 0 Å². The van der Waals surface area contributed by atoms with Crippen LogP contribution in [0.1, 0.15) is 0 Å².